The van der Waals surface area contributed by atoms with Gasteiger partial charge >= 0.3 is 0 Å². The van der Waals surface area contributed by atoms with Gasteiger partial charge in [0.15, 0.2) is 0 Å². The highest BCUT2D eigenvalue weighted by atomic mass is 14.9. The summed E-state index contributed by atoms with van der Waals surface area (Å²) in [7, 11) is 0. The van der Waals surface area contributed by atoms with Crippen molar-refractivity contribution in [2.75, 3.05) is 5.32 Å². The predicted molar refractivity (Wildman–Crippen MR) is 74.4 cm³/mol. The molecule has 2 aromatic carbocycles. The maximum absolute atomic E-state index is 3.67. The van der Waals surface area contributed by atoms with Crippen molar-refractivity contribution in [2.45, 2.75) is 38.1 Å². The van der Waals surface area contributed by atoms with Gasteiger partial charge < -0.3 is 5.32 Å². The molecule has 1 nitrogen and oxygen atoms in total. The Hall–Kier alpha value is -1.50. The van der Waals surface area contributed by atoms with Gasteiger partial charge in [-0.2, -0.15) is 0 Å². The molecule has 1 aliphatic rings. The van der Waals surface area contributed by atoms with E-state index in [1.807, 2.05) is 0 Å². The van der Waals surface area contributed by atoms with Gasteiger partial charge in [-0.05, 0) is 35.7 Å². The Morgan fingerprint density at radius 2 is 1.59 bits per heavy atom. The molecule has 0 atom stereocenters. The van der Waals surface area contributed by atoms with Crippen LogP contribution in [0.1, 0.15) is 32.1 Å². The lowest BCUT2D eigenvalue weighted by Crippen LogP contribution is -2.22. The average molecular weight is 225 g/mol. The third kappa shape index (κ3) is 2.44. The first-order valence-electron chi connectivity index (χ1n) is 6.67. The van der Waals surface area contributed by atoms with E-state index in [1.165, 1.54) is 48.6 Å². The van der Waals surface area contributed by atoms with Gasteiger partial charge in [0.05, 0.1) is 0 Å². The Morgan fingerprint density at radius 3 is 2.41 bits per heavy atom. The fourth-order valence-electron chi connectivity index (χ4n) is 2.76. The standard InChI is InChI=1S/C16H19N/c1-2-8-15(9-3-1)17-16-11-10-13-6-4-5-7-14(13)12-16/h4-7,10-12,15,17H,1-3,8-9H2. The molecule has 1 fully saturated rings. The Bertz CT molecular complexity index is 498. The Kier molecular flexibility index (Phi) is 3.00. The quantitative estimate of drug-likeness (QED) is 0.788. The third-order valence-electron chi connectivity index (χ3n) is 3.73. The normalized spacial score (nSPS) is 17.2. The minimum atomic E-state index is 0.685. The van der Waals surface area contributed by atoms with Crippen LogP contribution in [-0.2, 0) is 0 Å². The number of anilines is 1. The topological polar surface area (TPSA) is 12.0 Å². The van der Waals surface area contributed by atoms with Crippen LogP contribution in [0.25, 0.3) is 10.8 Å². The molecule has 0 aliphatic heterocycles. The SMILES string of the molecule is c1ccc2cc(NC3CCCCC3)ccc2c1. The number of rotatable bonds is 2. The molecule has 1 heteroatoms. The zero-order valence-electron chi connectivity index (χ0n) is 10.2. The molecule has 2 aromatic rings. The Morgan fingerprint density at radius 1 is 0.824 bits per heavy atom. The van der Waals surface area contributed by atoms with Crippen molar-refractivity contribution in [2.24, 2.45) is 0 Å². The van der Waals surface area contributed by atoms with E-state index in [1.54, 1.807) is 0 Å². The van der Waals surface area contributed by atoms with Gasteiger partial charge in [0.1, 0.15) is 0 Å². The van der Waals surface area contributed by atoms with Gasteiger partial charge in [0.25, 0.3) is 0 Å². The number of hydrogen-bond donors (Lipinski definition) is 1. The molecule has 0 spiro atoms. The van der Waals surface area contributed by atoms with Crippen LogP contribution in [0.3, 0.4) is 0 Å². The molecule has 17 heavy (non-hydrogen) atoms. The molecule has 1 aliphatic carbocycles. The number of hydrogen-bond acceptors (Lipinski definition) is 1. The Labute approximate surface area is 103 Å². The minimum Gasteiger partial charge on any atom is -0.382 e. The number of nitrogens with one attached hydrogen (secondary N) is 1. The molecule has 0 saturated heterocycles. The summed E-state index contributed by atoms with van der Waals surface area (Å²) in [6.45, 7) is 0. The zero-order chi connectivity index (χ0) is 11.5. The third-order valence-corrected chi connectivity index (χ3v) is 3.73. The lowest BCUT2D eigenvalue weighted by Gasteiger charge is -2.24. The molecule has 0 aromatic heterocycles. The lowest BCUT2D eigenvalue weighted by molar-refractivity contribution is 0.463. The van der Waals surface area contributed by atoms with Gasteiger partial charge in [-0.15, -0.1) is 0 Å². The summed E-state index contributed by atoms with van der Waals surface area (Å²) < 4.78 is 0. The second kappa shape index (κ2) is 4.79. The van der Waals surface area contributed by atoms with Crippen molar-refractivity contribution in [1.82, 2.24) is 0 Å². The van der Waals surface area contributed by atoms with Crippen LogP contribution in [0.5, 0.6) is 0 Å². The van der Waals surface area contributed by atoms with E-state index in [-0.39, 0.29) is 0 Å². The molecule has 88 valence electrons. The molecule has 1 N–H and O–H groups in total. The van der Waals surface area contributed by atoms with Crippen molar-refractivity contribution in [3.8, 4) is 0 Å². The zero-order valence-corrected chi connectivity index (χ0v) is 10.2. The molecule has 0 bridgehead atoms. The van der Waals surface area contributed by atoms with Crippen LogP contribution in [0.2, 0.25) is 0 Å². The van der Waals surface area contributed by atoms with Crippen molar-refractivity contribution >= 4 is 16.5 Å². The van der Waals surface area contributed by atoms with E-state index in [0.717, 1.165) is 0 Å². The van der Waals surface area contributed by atoms with E-state index in [0.29, 0.717) is 6.04 Å². The number of benzene rings is 2. The summed E-state index contributed by atoms with van der Waals surface area (Å²) in [5, 5.41) is 6.32. The van der Waals surface area contributed by atoms with E-state index >= 15 is 0 Å². The van der Waals surface area contributed by atoms with E-state index < -0.39 is 0 Å². The van der Waals surface area contributed by atoms with Gasteiger partial charge in [-0.3, -0.25) is 0 Å². The van der Waals surface area contributed by atoms with E-state index in [9.17, 15) is 0 Å². The molecule has 1 saturated carbocycles. The highest BCUT2D eigenvalue weighted by molar-refractivity contribution is 5.85. The van der Waals surface area contributed by atoms with Gasteiger partial charge in [0.2, 0.25) is 0 Å². The number of fused-ring (bicyclic) bond motifs is 1. The van der Waals surface area contributed by atoms with Gasteiger partial charge in [-0.25, -0.2) is 0 Å². The first-order valence-corrected chi connectivity index (χ1v) is 6.67. The van der Waals surface area contributed by atoms with Crippen molar-refractivity contribution in [3.63, 3.8) is 0 Å². The Balaban J connectivity index is 1.80. The van der Waals surface area contributed by atoms with Crippen LogP contribution < -0.4 is 5.32 Å². The van der Waals surface area contributed by atoms with Crippen LogP contribution in [0, 0.1) is 0 Å². The predicted octanol–water partition coefficient (Wildman–Crippen LogP) is 4.58. The molecule has 3 rings (SSSR count). The van der Waals surface area contributed by atoms with Crippen molar-refractivity contribution in [1.29, 1.82) is 0 Å². The molecule has 0 radical (unpaired) electrons. The summed E-state index contributed by atoms with van der Waals surface area (Å²) in [5.74, 6) is 0. The van der Waals surface area contributed by atoms with Gasteiger partial charge in [-0.1, -0.05) is 49.6 Å². The second-order valence-electron chi connectivity index (χ2n) is 5.04. The maximum Gasteiger partial charge on any atom is 0.0348 e. The van der Waals surface area contributed by atoms with Crippen LogP contribution >= 0.6 is 0 Å². The minimum absolute atomic E-state index is 0.685. The summed E-state index contributed by atoms with van der Waals surface area (Å²) in [6, 6.07) is 15.9. The van der Waals surface area contributed by atoms with Crippen LogP contribution in [0.4, 0.5) is 5.69 Å². The van der Waals surface area contributed by atoms with E-state index in [2.05, 4.69) is 47.8 Å². The molecular formula is C16H19N. The van der Waals surface area contributed by atoms with Gasteiger partial charge in [0, 0.05) is 11.7 Å². The monoisotopic (exact) mass is 225 g/mol. The first kappa shape index (κ1) is 10.6. The molecule has 0 unspecified atom stereocenters. The fraction of sp³-hybridized carbons (Fsp3) is 0.375. The van der Waals surface area contributed by atoms with Crippen LogP contribution in [0.15, 0.2) is 42.5 Å². The highest BCUT2D eigenvalue weighted by Gasteiger charge is 2.12. The summed E-state index contributed by atoms with van der Waals surface area (Å²) in [5.41, 5.74) is 1.27. The highest BCUT2D eigenvalue weighted by Crippen LogP contribution is 2.24. The summed E-state index contributed by atoms with van der Waals surface area (Å²) in [6.07, 6.45) is 6.83. The van der Waals surface area contributed by atoms with Crippen molar-refractivity contribution < 1.29 is 0 Å². The summed E-state index contributed by atoms with van der Waals surface area (Å²) in [4.78, 5) is 0. The maximum atomic E-state index is 3.67. The van der Waals surface area contributed by atoms with Crippen molar-refractivity contribution in [3.05, 3.63) is 42.5 Å². The average Bonchev–Trinajstić information content (AvgIpc) is 2.40. The first-order chi connectivity index (χ1) is 8.42. The summed E-state index contributed by atoms with van der Waals surface area (Å²) >= 11 is 0. The van der Waals surface area contributed by atoms with Crippen LogP contribution in [-0.4, -0.2) is 6.04 Å². The fourth-order valence-corrected chi connectivity index (χ4v) is 2.76. The largest absolute Gasteiger partial charge is 0.382 e. The smallest absolute Gasteiger partial charge is 0.0348 e. The molecular weight excluding hydrogens is 206 g/mol. The molecule has 0 heterocycles. The van der Waals surface area contributed by atoms with E-state index in [4.69, 9.17) is 0 Å². The second-order valence-corrected chi connectivity index (χ2v) is 5.04. The molecule has 0 amide bonds. The lowest BCUT2D eigenvalue weighted by atomic mass is 9.95.